The third kappa shape index (κ3) is 1.05. The quantitative estimate of drug-likeness (QED) is 0.725. The van der Waals surface area contributed by atoms with Crippen molar-refractivity contribution in [1.82, 2.24) is 4.98 Å². The molecule has 0 spiro atoms. The maximum atomic E-state index is 5.50. The molecule has 0 saturated heterocycles. The first-order valence-electron chi connectivity index (χ1n) is 4.40. The molecular formula is C9H14N2O. The minimum Gasteiger partial charge on any atom is -0.444 e. The van der Waals surface area contributed by atoms with E-state index in [1.165, 1.54) is 19.3 Å². The van der Waals surface area contributed by atoms with E-state index < -0.39 is 0 Å². The summed E-state index contributed by atoms with van der Waals surface area (Å²) >= 11 is 0. The van der Waals surface area contributed by atoms with Gasteiger partial charge in [0.05, 0.1) is 12.7 Å². The number of nitrogens with two attached hydrogens (primary N) is 1. The van der Waals surface area contributed by atoms with Gasteiger partial charge in [-0.2, -0.15) is 0 Å². The van der Waals surface area contributed by atoms with Crippen LogP contribution in [-0.4, -0.2) is 4.98 Å². The highest BCUT2D eigenvalue weighted by atomic mass is 16.4. The fourth-order valence-electron chi connectivity index (χ4n) is 1.64. The molecule has 0 bridgehead atoms. The predicted octanol–water partition coefficient (Wildman–Crippen LogP) is 1.57. The molecule has 1 heterocycles. The van der Waals surface area contributed by atoms with E-state index in [2.05, 4.69) is 11.9 Å². The molecule has 0 atom stereocenters. The van der Waals surface area contributed by atoms with E-state index in [4.69, 9.17) is 10.2 Å². The van der Waals surface area contributed by atoms with Gasteiger partial charge in [-0.05, 0) is 12.8 Å². The monoisotopic (exact) mass is 166 g/mol. The second-order valence-corrected chi connectivity index (χ2v) is 3.74. The molecule has 2 rings (SSSR count). The Kier molecular flexibility index (Phi) is 1.68. The maximum absolute atomic E-state index is 5.50. The number of hydrogen-bond donors (Lipinski definition) is 1. The zero-order valence-corrected chi connectivity index (χ0v) is 7.34. The second-order valence-electron chi connectivity index (χ2n) is 3.74. The Morgan fingerprint density at radius 3 is 2.83 bits per heavy atom. The lowest BCUT2D eigenvalue weighted by atomic mass is 9.69. The van der Waals surface area contributed by atoms with E-state index in [1.807, 2.05) is 6.20 Å². The molecule has 3 nitrogen and oxygen atoms in total. The normalized spacial score (nSPS) is 20.5. The first kappa shape index (κ1) is 7.80. The average Bonchev–Trinajstić information content (AvgIpc) is 2.48. The summed E-state index contributed by atoms with van der Waals surface area (Å²) in [7, 11) is 0. The Hall–Kier alpha value is -0.830. The summed E-state index contributed by atoms with van der Waals surface area (Å²) in [5.74, 6) is 1.66. The average molecular weight is 166 g/mol. The third-order valence-corrected chi connectivity index (χ3v) is 2.78. The smallest absolute Gasteiger partial charge is 0.208 e. The Balaban J connectivity index is 2.22. The maximum Gasteiger partial charge on any atom is 0.208 e. The first-order chi connectivity index (χ1) is 5.74. The lowest BCUT2D eigenvalue weighted by Crippen LogP contribution is -2.29. The van der Waals surface area contributed by atoms with E-state index in [0.29, 0.717) is 12.4 Å². The molecule has 0 amide bonds. The van der Waals surface area contributed by atoms with Crippen molar-refractivity contribution < 1.29 is 4.42 Å². The Labute approximate surface area is 72.0 Å². The Morgan fingerprint density at radius 2 is 2.42 bits per heavy atom. The molecule has 12 heavy (non-hydrogen) atoms. The van der Waals surface area contributed by atoms with E-state index >= 15 is 0 Å². The van der Waals surface area contributed by atoms with Crippen molar-refractivity contribution in [2.45, 2.75) is 38.1 Å². The van der Waals surface area contributed by atoms with Crippen LogP contribution in [0.5, 0.6) is 0 Å². The fraction of sp³-hybridized carbons (Fsp3) is 0.667. The highest BCUT2D eigenvalue weighted by molar-refractivity contribution is 5.13. The third-order valence-electron chi connectivity index (χ3n) is 2.78. The van der Waals surface area contributed by atoms with Gasteiger partial charge in [-0.3, -0.25) is 0 Å². The zero-order chi connectivity index (χ0) is 8.60. The van der Waals surface area contributed by atoms with Gasteiger partial charge in [0.2, 0.25) is 5.89 Å². The largest absolute Gasteiger partial charge is 0.444 e. The molecule has 3 heteroatoms. The standard InChI is InChI=1S/C9H14N2O/c1-9(3-2-4-9)7-6-11-8(5-10)12-7/h6H,2-5,10H2,1H3. The van der Waals surface area contributed by atoms with Gasteiger partial charge < -0.3 is 10.2 Å². The number of rotatable bonds is 2. The SMILES string of the molecule is CC1(c2cnc(CN)o2)CCC1. The van der Waals surface area contributed by atoms with Crippen molar-refractivity contribution in [2.75, 3.05) is 0 Å². The lowest BCUT2D eigenvalue weighted by Gasteiger charge is -2.35. The lowest BCUT2D eigenvalue weighted by molar-refractivity contribution is 0.219. The summed E-state index contributed by atoms with van der Waals surface area (Å²) < 4.78 is 5.50. The zero-order valence-electron chi connectivity index (χ0n) is 7.34. The number of aromatic nitrogens is 1. The van der Waals surface area contributed by atoms with Crippen LogP contribution < -0.4 is 5.73 Å². The molecule has 2 N–H and O–H groups in total. The van der Waals surface area contributed by atoms with Crippen LogP contribution in [0.2, 0.25) is 0 Å². The molecule has 1 aliphatic carbocycles. The molecule has 1 aromatic rings. The van der Waals surface area contributed by atoms with E-state index in [9.17, 15) is 0 Å². The second kappa shape index (κ2) is 2.59. The fourth-order valence-corrected chi connectivity index (χ4v) is 1.64. The molecule has 1 saturated carbocycles. The van der Waals surface area contributed by atoms with Crippen molar-refractivity contribution in [3.05, 3.63) is 17.8 Å². The molecule has 1 aromatic heterocycles. The highest BCUT2D eigenvalue weighted by Gasteiger charge is 2.36. The van der Waals surface area contributed by atoms with Gasteiger partial charge >= 0.3 is 0 Å². The number of oxazole rings is 1. The van der Waals surface area contributed by atoms with Crippen molar-refractivity contribution in [3.63, 3.8) is 0 Å². The molecule has 0 aromatic carbocycles. The summed E-state index contributed by atoms with van der Waals surface area (Å²) in [6.07, 6.45) is 5.55. The summed E-state index contributed by atoms with van der Waals surface area (Å²) in [5, 5.41) is 0. The minimum absolute atomic E-state index is 0.250. The Morgan fingerprint density at radius 1 is 1.67 bits per heavy atom. The van der Waals surface area contributed by atoms with Crippen LogP contribution in [-0.2, 0) is 12.0 Å². The van der Waals surface area contributed by atoms with Crippen LogP contribution in [0.3, 0.4) is 0 Å². The molecular weight excluding hydrogens is 152 g/mol. The van der Waals surface area contributed by atoms with Gasteiger partial charge in [-0.1, -0.05) is 13.3 Å². The van der Waals surface area contributed by atoms with Crippen LogP contribution in [0.25, 0.3) is 0 Å². The number of hydrogen-bond acceptors (Lipinski definition) is 3. The highest BCUT2D eigenvalue weighted by Crippen LogP contribution is 2.43. The van der Waals surface area contributed by atoms with Crippen LogP contribution >= 0.6 is 0 Å². The molecule has 0 aliphatic heterocycles. The molecule has 0 unspecified atom stereocenters. The van der Waals surface area contributed by atoms with Crippen LogP contribution in [0.4, 0.5) is 0 Å². The van der Waals surface area contributed by atoms with Gasteiger partial charge in [0.1, 0.15) is 5.76 Å². The van der Waals surface area contributed by atoms with Gasteiger partial charge in [-0.25, -0.2) is 4.98 Å². The molecule has 1 aliphatic rings. The van der Waals surface area contributed by atoms with Gasteiger partial charge in [0.15, 0.2) is 0 Å². The summed E-state index contributed by atoms with van der Waals surface area (Å²) in [5.41, 5.74) is 5.66. The van der Waals surface area contributed by atoms with Crippen molar-refractivity contribution in [2.24, 2.45) is 5.73 Å². The van der Waals surface area contributed by atoms with E-state index in [0.717, 1.165) is 5.76 Å². The van der Waals surface area contributed by atoms with E-state index in [1.54, 1.807) is 0 Å². The van der Waals surface area contributed by atoms with Gasteiger partial charge in [0, 0.05) is 5.41 Å². The van der Waals surface area contributed by atoms with Gasteiger partial charge in [0.25, 0.3) is 0 Å². The number of nitrogens with zero attached hydrogens (tertiary/aromatic N) is 1. The molecule has 66 valence electrons. The van der Waals surface area contributed by atoms with Crippen LogP contribution in [0.15, 0.2) is 10.6 Å². The van der Waals surface area contributed by atoms with Crippen molar-refractivity contribution in [1.29, 1.82) is 0 Å². The van der Waals surface area contributed by atoms with Gasteiger partial charge in [-0.15, -0.1) is 0 Å². The molecule has 1 fully saturated rings. The van der Waals surface area contributed by atoms with Crippen LogP contribution in [0, 0.1) is 0 Å². The predicted molar refractivity (Wildman–Crippen MR) is 45.6 cm³/mol. The van der Waals surface area contributed by atoms with Crippen molar-refractivity contribution >= 4 is 0 Å². The Bertz CT molecular complexity index is 276. The van der Waals surface area contributed by atoms with E-state index in [-0.39, 0.29) is 5.41 Å². The van der Waals surface area contributed by atoms with Crippen LogP contribution in [0.1, 0.15) is 37.8 Å². The molecule has 0 radical (unpaired) electrons. The first-order valence-corrected chi connectivity index (χ1v) is 4.40. The minimum atomic E-state index is 0.250. The summed E-state index contributed by atoms with van der Waals surface area (Å²) in [4.78, 5) is 4.09. The summed E-state index contributed by atoms with van der Waals surface area (Å²) in [6, 6.07) is 0. The van der Waals surface area contributed by atoms with Crippen molar-refractivity contribution in [3.8, 4) is 0 Å². The topological polar surface area (TPSA) is 52.0 Å². The summed E-state index contributed by atoms with van der Waals surface area (Å²) in [6.45, 7) is 2.62.